The average Bonchev–Trinajstić information content (AvgIpc) is 2.13. The largest absolute Gasteiger partial charge is 0.429 e. The Hall–Kier alpha value is -0.720. The highest BCUT2D eigenvalue weighted by Crippen LogP contribution is 2.44. The Morgan fingerprint density at radius 2 is 1.37 bits per heavy atom. The fraction of sp³-hybridized carbons (Fsp3) is 0.833. The van der Waals surface area contributed by atoms with E-state index in [1.165, 1.54) is 0 Å². The molecule has 0 bridgehead atoms. The Morgan fingerprint density at radius 1 is 0.947 bits per heavy atom. The van der Waals surface area contributed by atoms with Crippen LogP contribution >= 0.6 is 0 Å². The van der Waals surface area contributed by atoms with Gasteiger partial charge in [-0.15, -0.1) is 0 Å². The van der Waals surface area contributed by atoms with Crippen LogP contribution in [0.15, 0.2) is 12.2 Å². The Labute approximate surface area is 108 Å². The molecule has 0 unspecified atom stereocenters. The molecule has 0 rings (SSSR count). The highest BCUT2D eigenvalue weighted by Gasteiger charge is 2.68. The lowest BCUT2D eigenvalue weighted by Gasteiger charge is -2.30. The minimum atomic E-state index is -5.79. The van der Waals surface area contributed by atoms with Gasteiger partial charge in [0.15, 0.2) is 0 Å². The maximum Gasteiger partial charge on any atom is 0.429 e. The van der Waals surface area contributed by atoms with Crippen molar-refractivity contribution in [1.29, 1.82) is 0 Å². The monoisotopic (exact) mass is 292 g/mol. The van der Waals surface area contributed by atoms with Gasteiger partial charge in [0.05, 0.1) is 0 Å². The van der Waals surface area contributed by atoms with Crippen molar-refractivity contribution in [2.75, 3.05) is 0 Å². The number of aliphatic hydroxyl groups is 1. The fourth-order valence-corrected chi connectivity index (χ4v) is 1.68. The average molecular weight is 292 g/mol. The Morgan fingerprint density at radius 3 is 1.68 bits per heavy atom. The summed E-state index contributed by atoms with van der Waals surface area (Å²) < 4.78 is 74.1. The molecule has 0 aromatic heterocycles. The lowest BCUT2D eigenvalue weighted by Crippen LogP contribution is -2.55. The van der Waals surface area contributed by atoms with Crippen LogP contribution in [0.2, 0.25) is 0 Å². The smallest absolute Gasteiger partial charge is 0.370 e. The van der Waals surface area contributed by atoms with Crippen molar-refractivity contribution < 1.29 is 31.4 Å². The molecule has 0 aromatic rings. The fourth-order valence-electron chi connectivity index (χ4n) is 1.68. The van der Waals surface area contributed by atoms with E-state index < -0.39 is 23.4 Å². The van der Waals surface area contributed by atoms with Gasteiger partial charge < -0.3 is 5.11 Å². The van der Waals surface area contributed by atoms with E-state index >= 15 is 0 Å². The minimum Gasteiger partial charge on any atom is -0.370 e. The lowest BCUT2D eigenvalue weighted by atomic mass is 9.84. The Balaban J connectivity index is 5.08. The van der Waals surface area contributed by atoms with Gasteiger partial charge >= 0.3 is 12.4 Å². The number of alkyl halides is 6. The maximum atomic E-state index is 12.3. The molecule has 0 radical (unpaired) electrons. The lowest BCUT2D eigenvalue weighted by molar-refractivity contribution is -0.347. The summed E-state index contributed by atoms with van der Waals surface area (Å²) in [6, 6.07) is 0. The van der Waals surface area contributed by atoms with Gasteiger partial charge in [-0.25, -0.2) is 0 Å². The van der Waals surface area contributed by atoms with Gasteiger partial charge in [0.1, 0.15) is 0 Å². The summed E-state index contributed by atoms with van der Waals surface area (Å²) in [5.74, 6) is 0. The van der Waals surface area contributed by atoms with Crippen LogP contribution in [-0.4, -0.2) is 23.1 Å². The van der Waals surface area contributed by atoms with E-state index in [9.17, 15) is 26.3 Å². The van der Waals surface area contributed by atoms with Gasteiger partial charge in [-0.05, 0) is 24.3 Å². The summed E-state index contributed by atoms with van der Waals surface area (Å²) >= 11 is 0. The molecular weight excluding hydrogens is 274 g/mol. The van der Waals surface area contributed by atoms with E-state index in [2.05, 4.69) is 0 Å². The maximum absolute atomic E-state index is 12.3. The molecule has 0 saturated heterocycles. The zero-order valence-electron chi connectivity index (χ0n) is 11.0. The topological polar surface area (TPSA) is 20.2 Å². The minimum absolute atomic E-state index is 0.0231. The summed E-state index contributed by atoms with van der Waals surface area (Å²) in [6.45, 7) is 5.34. The molecule has 1 N–H and O–H groups in total. The molecule has 0 aliphatic heterocycles. The van der Waals surface area contributed by atoms with Crippen LogP contribution in [0.4, 0.5) is 26.3 Å². The molecular formula is C12H18F6O. The first-order valence-corrected chi connectivity index (χ1v) is 5.80. The van der Waals surface area contributed by atoms with Crippen LogP contribution in [0.5, 0.6) is 0 Å². The van der Waals surface area contributed by atoms with E-state index in [4.69, 9.17) is 5.11 Å². The third kappa shape index (κ3) is 4.71. The van der Waals surface area contributed by atoms with E-state index in [0.29, 0.717) is 6.42 Å². The number of rotatable bonds is 5. The highest BCUT2D eigenvalue weighted by atomic mass is 19.4. The second-order valence-corrected chi connectivity index (χ2v) is 5.28. The van der Waals surface area contributed by atoms with E-state index in [0.717, 1.165) is 12.5 Å². The van der Waals surface area contributed by atoms with Crippen molar-refractivity contribution in [3.8, 4) is 0 Å². The summed E-state index contributed by atoms with van der Waals surface area (Å²) in [7, 11) is 0. The molecule has 0 fully saturated rings. The van der Waals surface area contributed by atoms with Crippen LogP contribution < -0.4 is 0 Å². The van der Waals surface area contributed by atoms with Crippen molar-refractivity contribution >= 4 is 0 Å². The van der Waals surface area contributed by atoms with E-state index in [1.807, 2.05) is 6.92 Å². The highest BCUT2D eigenvalue weighted by molar-refractivity contribution is 5.11. The third-order valence-corrected chi connectivity index (χ3v) is 2.82. The summed E-state index contributed by atoms with van der Waals surface area (Å²) in [5.41, 5.74) is -5.20. The van der Waals surface area contributed by atoms with Crippen molar-refractivity contribution in [2.24, 2.45) is 5.41 Å². The number of hydrogen-bond donors (Lipinski definition) is 1. The zero-order valence-corrected chi connectivity index (χ0v) is 11.0. The van der Waals surface area contributed by atoms with Crippen LogP contribution in [0, 0.1) is 5.41 Å². The zero-order chi connectivity index (χ0) is 15.5. The Kier molecular flexibility index (Phi) is 5.51. The standard InChI is InChI=1S/C12H18F6O/c1-4-6-9(2,3)7-5-8-10(19,11(13,14)15)12(16,17)18/h5,8,19H,4,6-7H2,1-3H3/b8-5+. The second kappa shape index (κ2) is 5.73. The molecule has 19 heavy (non-hydrogen) atoms. The molecule has 0 atom stereocenters. The quantitative estimate of drug-likeness (QED) is 0.579. The molecule has 0 amide bonds. The molecule has 0 spiro atoms. The van der Waals surface area contributed by atoms with Crippen molar-refractivity contribution in [1.82, 2.24) is 0 Å². The molecule has 1 nitrogen and oxygen atoms in total. The van der Waals surface area contributed by atoms with Gasteiger partial charge in [-0.1, -0.05) is 33.3 Å². The molecule has 0 aromatic carbocycles. The van der Waals surface area contributed by atoms with Crippen LogP contribution in [0.3, 0.4) is 0 Å². The number of allylic oxidation sites excluding steroid dienone is 1. The molecule has 114 valence electrons. The van der Waals surface area contributed by atoms with Crippen molar-refractivity contribution in [2.45, 2.75) is 58.0 Å². The number of hydrogen-bond acceptors (Lipinski definition) is 1. The van der Waals surface area contributed by atoms with Gasteiger partial charge in [0, 0.05) is 0 Å². The third-order valence-electron chi connectivity index (χ3n) is 2.82. The summed E-state index contributed by atoms with van der Waals surface area (Å²) in [6.07, 6.45) is -9.60. The predicted octanol–water partition coefficient (Wildman–Crippen LogP) is 4.61. The van der Waals surface area contributed by atoms with Crippen molar-refractivity contribution in [3.63, 3.8) is 0 Å². The van der Waals surface area contributed by atoms with Gasteiger partial charge in [-0.2, -0.15) is 26.3 Å². The first-order chi connectivity index (χ1) is 8.27. The second-order valence-electron chi connectivity index (χ2n) is 5.28. The van der Waals surface area contributed by atoms with E-state index in [1.54, 1.807) is 13.8 Å². The van der Waals surface area contributed by atoms with Crippen LogP contribution in [0.1, 0.15) is 40.0 Å². The molecule has 0 aliphatic carbocycles. The van der Waals surface area contributed by atoms with E-state index in [-0.39, 0.29) is 12.5 Å². The normalized spacial score (nSPS) is 15.3. The van der Waals surface area contributed by atoms with Crippen LogP contribution in [-0.2, 0) is 0 Å². The molecule has 0 aliphatic rings. The Bertz CT molecular complexity index is 299. The molecule has 0 saturated carbocycles. The first-order valence-electron chi connectivity index (χ1n) is 5.80. The molecule has 7 heteroatoms. The number of halogens is 6. The summed E-state index contributed by atoms with van der Waals surface area (Å²) in [5, 5.41) is 8.87. The van der Waals surface area contributed by atoms with Crippen LogP contribution in [0.25, 0.3) is 0 Å². The molecule has 0 heterocycles. The van der Waals surface area contributed by atoms with Crippen molar-refractivity contribution in [3.05, 3.63) is 12.2 Å². The van der Waals surface area contributed by atoms with Gasteiger partial charge in [-0.3, -0.25) is 0 Å². The summed E-state index contributed by atoms with van der Waals surface area (Å²) in [4.78, 5) is 0. The SMILES string of the molecule is CCCC(C)(C)C/C=C/C(O)(C(F)(F)F)C(F)(F)F. The predicted molar refractivity (Wildman–Crippen MR) is 59.5 cm³/mol. The first kappa shape index (κ1) is 18.3. The van der Waals surface area contributed by atoms with Gasteiger partial charge in [0.2, 0.25) is 0 Å². The van der Waals surface area contributed by atoms with Gasteiger partial charge in [0.25, 0.3) is 5.60 Å².